The lowest BCUT2D eigenvalue weighted by molar-refractivity contribution is 0.150. The number of hydrogen-bond acceptors (Lipinski definition) is 3. The predicted octanol–water partition coefficient (Wildman–Crippen LogP) is 1.66. The van der Waals surface area contributed by atoms with Gasteiger partial charge in [0.05, 0.1) is 11.3 Å². The molecule has 1 rings (SSSR count). The quantitative estimate of drug-likeness (QED) is 0.784. The molecule has 0 saturated carbocycles. The molecular formula is C9H9F2N3. The molecule has 5 heteroatoms. The number of aryl methyl sites for hydroxylation is 1. The maximum absolute atomic E-state index is 12.4. The molecule has 3 nitrogen and oxygen atoms in total. The molecule has 1 aromatic rings. The summed E-state index contributed by atoms with van der Waals surface area (Å²) in [4.78, 5) is 3.76. The van der Waals surface area contributed by atoms with Crippen LogP contribution in [0.5, 0.6) is 0 Å². The van der Waals surface area contributed by atoms with Gasteiger partial charge < -0.3 is 5.73 Å². The van der Waals surface area contributed by atoms with Crippen LogP contribution in [0.4, 0.5) is 8.78 Å². The summed E-state index contributed by atoms with van der Waals surface area (Å²) in [5.41, 5.74) is 5.83. The number of nitrogens with two attached hydrogens (primary N) is 1. The van der Waals surface area contributed by atoms with Gasteiger partial charge in [0.25, 0.3) is 6.43 Å². The minimum atomic E-state index is -2.68. The molecule has 0 atom stereocenters. The van der Waals surface area contributed by atoms with Crippen molar-refractivity contribution in [1.82, 2.24) is 4.98 Å². The molecule has 14 heavy (non-hydrogen) atoms. The van der Waals surface area contributed by atoms with Gasteiger partial charge in [0.2, 0.25) is 0 Å². The zero-order valence-electron chi connectivity index (χ0n) is 7.59. The fraction of sp³-hybridized carbons (Fsp3) is 0.333. The lowest BCUT2D eigenvalue weighted by Gasteiger charge is -2.07. The monoisotopic (exact) mass is 197 g/mol. The minimum Gasteiger partial charge on any atom is -0.325 e. The number of nitriles is 1. The Morgan fingerprint density at radius 1 is 1.64 bits per heavy atom. The van der Waals surface area contributed by atoms with E-state index in [9.17, 15) is 8.78 Å². The smallest absolute Gasteiger partial charge is 0.266 e. The van der Waals surface area contributed by atoms with E-state index in [0.717, 1.165) is 0 Å². The highest BCUT2D eigenvalue weighted by molar-refractivity contribution is 5.37. The molecule has 0 radical (unpaired) electrons. The van der Waals surface area contributed by atoms with Gasteiger partial charge in [0.15, 0.2) is 0 Å². The van der Waals surface area contributed by atoms with Crippen LogP contribution in [-0.2, 0) is 6.54 Å². The van der Waals surface area contributed by atoms with Crippen molar-refractivity contribution < 1.29 is 8.78 Å². The van der Waals surface area contributed by atoms with Crippen molar-refractivity contribution >= 4 is 0 Å². The molecule has 2 N–H and O–H groups in total. The van der Waals surface area contributed by atoms with Crippen LogP contribution in [0.3, 0.4) is 0 Å². The third-order valence-electron chi connectivity index (χ3n) is 1.88. The number of halogens is 2. The summed E-state index contributed by atoms with van der Waals surface area (Å²) in [6, 6.07) is 2.89. The Morgan fingerprint density at radius 2 is 2.29 bits per heavy atom. The summed E-state index contributed by atoms with van der Waals surface area (Å²) in [6.07, 6.45) is -2.68. The van der Waals surface area contributed by atoms with Gasteiger partial charge in [-0.2, -0.15) is 5.26 Å². The van der Waals surface area contributed by atoms with Crippen molar-refractivity contribution in [3.63, 3.8) is 0 Å². The van der Waals surface area contributed by atoms with Crippen molar-refractivity contribution in [3.05, 3.63) is 28.6 Å². The Kier molecular flexibility index (Phi) is 3.10. The highest BCUT2D eigenvalue weighted by Gasteiger charge is 2.16. The van der Waals surface area contributed by atoms with Crippen LogP contribution in [0.1, 0.15) is 28.9 Å². The van der Waals surface area contributed by atoms with Crippen molar-refractivity contribution in [2.75, 3.05) is 0 Å². The minimum absolute atomic E-state index is 0.143. The number of nitrogens with zero attached hydrogens (tertiary/aromatic N) is 2. The summed E-state index contributed by atoms with van der Waals surface area (Å²) in [5, 5.41) is 8.59. The zero-order chi connectivity index (χ0) is 10.7. The second kappa shape index (κ2) is 4.11. The van der Waals surface area contributed by atoms with E-state index >= 15 is 0 Å². The van der Waals surface area contributed by atoms with E-state index in [1.165, 1.54) is 6.07 Å². The average molecular weight is 197 g/mol. The molecule has 0 bridgehead atoms. The molecule has 0 unspecified atom stereocenters. The van der Waals surface area contributed by atoms with E-state index < -0.39 is 6.43 Å². The number of pyridine rings is 1. The standard InChI is InChI=1S/C9H9F2N3/c1-5-2-6(9(10)11)8(4-13)14-7(5)3-12/h2,9H,3,12H2,1H3. The summed E-state index contributed by atoms with van der Waals surface area (Å²) in [5.74, 6) is 0. The number of alkyl halides is 2. The Morgan fingerprint density at radius 3 is 2.71 bits per heavy atom. The van der Waals surface area contributed by atoms with E-state index in [4.69, 9.17) is 11.0 Å². The fourth-order valence-electron chi connectivity index (χ4n) is 1.14. The van der Waals surface area contributed by atoms with Gasteiger partial charge in [-0.25, -0.2) is 13.8 Å². The SMILES string of the molecule is Cc1cc(C(F)F)c(C#N)nc1CN. The molecule has 0 aliphatic heterocycles. The van der Waals surface area contributed by atoms with Crippen LogP contribution in [0.15, 0.2) is 6.07 Å². The number of aromatic nitrogens is 1. The Hall–Kier alpha value is -1.54. The summed E-state index contributed by atoms with van der Waals surface area (Å²) in [6.45, 7) is 1.78. The molecule has 1 heterocycles. The first kappa shape index (κ1) is 10.5. The van der Waals surface area contributed by atoms with Crippen molar-refractivity contribution in [3.8, 4) is 6.07 Å². The lowest BCUT2D eigenvalue weighted by atomic mass is 10.1. The van der Waals surface area contributed by atoms with E-state index in [1.807, 2.05) is 0 Å². The van der Waals surface area contributed by atoms with Crippen LogP contribution in [0.25, 0.3) is 0 Å². The largest absolute Gasteiger partial charge is 0.325 e. The third kappa shape index (κ3) is 1.86. The van der Waals surface area contributed by atoms with E-state index in [2.05, 4.69) is 4.98 Å². The van der Waals surface area contributed by atoms with Gasteiger partial charge in [0, 0.05) is 6.54 Å². The zero-order valence-corrected chi connectivity index (χ0v) is 7.59. The molecule has 0 amide bonds. The van der Waals surface area contributed by atoms with E-state index in [-0.39, 0.29) is 17.8 Å². The van der Waals surface area contributed by atoms with Gasteiger partial charge in [-0.3, -0.25) is 0 Å². The van der Waals surface area contributed by atoms with Crippen molar-refractivity contribution in [2.45, 2.75) is 19.9 Å². The maximum atomic E-state index is 12.4. The first-order valence-electron chi connectivity index (χ1n) is 3.99. The first-order valence-corrected chi connectivity index (χ1v) is 3.99. The second-order valence-electron chi connectivity index (χ2n) is 2.81. The summed E-state index contributed by atoms with van der Waals surface area (Å²) in [7, 11) is 0. The fourth-order valence-corrected chi connectivity index (χ4v) is 1.14. The van der Waals surface area contributed by atoms with Crippen LogP contribution < -0.4 is 5.73 Å². The molecule has 0 aromatic carbocycles. The van der Waals surface area contributed by atoms with Gasteiger partial charge in [-0.15, -0.1) is 0 Å². The van der Waals surface area contributed by atoms with E-state index in [0.29, 0.717) is 11.3 Å². The van der Waals surface area contributed by atoms with Gasteiger partial charge >= 0.3 is 0 Å². The summed E-state index contributed by atoms with van der Waals surface area (Å²) >= 11 is 0. The highest BCUT2D eigenvalue weighted by atomic mass is 19.3. The topological polar surface area (TPSA) is 62.7 Å². The maximum Gasteiger partial charge on any atom is 0.266 e. The highest BCUT2D eigenvalue weighted by Crippen LogP contribution is 2.23. The molecule has 0 fully saturated rings. The summed E-state index contributed by atoms with van der Waals surface area (Å²) < 4.78 is 24.8. The first-order chi connectivity index (χ1) is 6.60. The molecule has 0 spiro atoms. The van der Waals surface area contributed by atoms with Gasteiger partial charge in [-0.1, -0.05) is 0 Å². The normalized spacial score (nSPS) is 10.3. The van der Waals surface area contributed by atoms with Gasteiger partial charge in [0.1, 0.15) is 11.8 Å². The van der Waals surface area contributed by atoms with Crippen molar-refractivity contribution in [2.24, 2.45) is 5.73 Å². The lowest BCUT2D eigenvalue weighted by Crippen LogP contribution is -2.06. The Bertz CT molecular complexity index is 382. The van der Waals surface area contributed by atoms with Crippen LogP contribution in [-0.4, -0.2) is 4.98 Å². The predicted molar refractivity (Wildman–Crippen MR) is 46.5 cm³/mol. The number of rotatable bonds is 2. The third-order valence-corrected chi connectivity index (χ3v) is 1.88. The molecule has 74 valence electrons. The molecule has 0 aliphatic rings. The second-order valence-corrected chi connectivity index (χ2v) is 2.81. The van der Waals surface area contributed by atoms with Crippen molar-refractivity contribution in [1.29, 1.82) is 5.26 Å². The van der Waals surface area contributed by atoms with Gasteiger partial charge in [-0.05, 0) is 18.6 Å². The Labute approximate surface area is 80.2 Å². The molecule has 0 saturated heterocycles. The number of hydrogen-bond donors (Lipinski definition) is 1. The van der Waals surface area contributed by atoms with E-state index in [1.54, 1.807) is 13.0 Å². The van der Waals surface area contributed by atoms with Crippen LogP contribution in [0.2, 0.25) is 0 Å². The van der Waals surface area contributed by atoms with Crippen LogP contribution in [0, 0.1) is 18.3 Å². The molecular weight excluding hydrogens is 188 g/mol. The molecule has 0 aliphatic carbocycles. The Balaban J connectivity index is 3.33. The van der Waals surface area contributed by atoms with Crippen LogP contribution >= 0.6 is 0 Å². The molecule has 1 aromatic heterocycles. The average Bonchev–Trinajstić information content (AvgIpc) is 2.17.